The van der Waals surface area contributed by atoms with Gasteiger partial charge in [-0.1, -0.05) is 19.9 Å². The topological polar surface area (TPSA) is 36.2 Å². The molecular formula is C17H15F2NO2. The lowest BCUT2D eigenvalue weighted by Gasteiger charge is -2.18. The molecule has 2 aromatic rings. The van der Waals surface area contributed by atoms with Gasteiger partial charge in [0.15, 0.2) is 17.8 Å². The molecule has 1 aromatic heterocycles. The molecule has 1 aliphatic rings. The molecule has 0 fully saturated rings. The van der Waals surface area contributed by atoms with E-state index in [-0.39, 0.29) is 11.2 Å². The summed E-state index contributed by atoms with van der Waals surface area (Å²) in [5, 5.41) is 12.1. The maximum atomic E-state index is 13.7. The zero-order valence-corrected chi connectivity index (χ0v) is 12.3. The molecule has 0 N–H and O–H groups in total. The number of ether oxygens (including phenoxy) is 1. The summed E-state index contributed by atoms with van der Waals surface area (Å²) >= 11 is 0. The van der Waals surface area contributed by atoms with Gasteiger partial charge in [0.1, 0.15) is 5.75 Å². The first-order valence-electron chi connectivity index (χ1n) is 6.91. The highest BCUT2D eigenvalue weighted by Crippen LogP contribution is 2.38. The van der Waals surface area contributed by atoms with E-state index >= 15 is 0 Å². The van der Waals surface area contributed by atoms with Crippen molar-refractivity contribution in [2.75, 3.05) is 6.61 Å². The van der Waals surface area contributed by atoms with Crippen LogP contribution in [-0.2, 0) is 0 Å². The fraction of sp³-hybridized carbons (Fsp3) is 0.235. The molecule has 0 saturated heterocycles. The van der Waals surface area contributed by atoms with Crippen molar-refractivity contribution in [3.63, 3.8) is 0 Å². The van der Waals surface area contributed by atoms with Crippen LogP contribution in [0.5, 0.6) is 5.75 Å². The van der Waals surface area contributed by atoms with Crippen molar-refractivity contribution in [3.8, 4) is 5.75 Å². The third-order valence-corrected chi connectivity index (χ3v) is 3.55. The summed E-state index contributed by atoms with van der Waals surface area (Å²) in [7, 11) is 0. The van der Waals surface area contributed by atoms with Gasteiger partial charge in [0.2, 0.25) is 5.69 Å². The van der Waals surface area contributed by atoms with Crippen LogP contribution in [0, 0.1) is 22.3 Å². The van der Waals surface area contributed by atoms with Crippen LogP contribution in [0.15, 0.2) is 42.6 Å². The van der Waals surface area contributed by atoms with Crippen molar-refractivity contribution in [2.24, 2.45) is 5.41 Å². The Hall–Kier alpha value is -2.43. The van der Waals surface area contributed by atoms with E-state index in [0.29, 0.717) is 28.2 Å². The summed E-state index contributed by atoms with van der Waals surface area (Å²) < 4.78 is 33.5. The first-order valence-corrected chi connectivity index (χ1v) is 6.91. The number of benzene rings is 1. The third kappa shape index (κ3) is 2.54. The molecule has 0 bridgehead atoms. The summed E-state index contributed by atoms with van der Waals surface area (Å²) in [4.78, 5) is 0. The quantitative estimate of drug-likeness (QED) is 0.597. The zero-order valence-electron chi connectivity index (χ0n) is 12.3. The fourth-order valence-electron chi connectivity index (χ4n) is 2.48. The lowest BCUT2D eigenvalue weighted by Crippen LogP contribution is -2.30. The second-order valence-electron chi connectivity index (χ2n) is 6.01. The Balaban J connectivity index is 2.28. The minimum Gasteiger partial charge on any atom is -0.618 e. The van der Waals surface area contributed by atoms with E-state index in [1.54, 1.807) is 18.2 Å². The molecule has 2 heterocycles. The monoisotopic (exact) mass is 303 g/mol. The van der Waals surface area contributed by atoms with Gasteiger partial charge in [-0.25, -0.2) is 8.78 Å². The van der Waals surface area contributed by atoms with Gasteiger partial charge in [0.05, 0.1) is 12.2 Å². The van der Waals surface area contributed by atoms with Crippen molar-refractivity contribution >= 4 is 5.57 Å². The molecule has 1 aliphatic heterocycles. The Labute approximate surface area is 127 Å². The minimum absolute atomic E-state index is 0.236. The van der Waals surface area contributed by atoms with Crippen LogP contribution in [0.2, 0.25) is 0 Å². The molecule has 0 saturated carbocycles. The molecule has 0 amide bonds. The van der Waals surface area contributed by atoms with Crippen LogP contribution in [0.4, 0.5) is 8.78 Å². The van der Waals surface area contributed by atoms with E-state index in [1.165, 1.54) is 6.20 Å². The van der Waals surface area contributed by atoms with Gasteiger partial charge in [-0.05, 0) is 12.1 Å². The molecule has 0 radical (unpaired) electrons. The molecule has 3 rings (SSSR count). The first kappa shape index (κ1) is 14.5. The maximum Gasteiger partial charge on any atom is 0.224 e. The van der Waals surface area contributed by atoms with Gasteiger partial charge >= 0.3 is 0 Å². The van der Waals surface area contributed by atoms with Crippen LogP contribution in [0.1, 0.15) is 25.1 Å². The second-order valence-corrected chi connectivity index (χ2v) is 6.01. The first-order chi connectivity index (χ1) is 10.4. The van der Waals surface area contributed by atoms with Crippen molar-refractivity contribution < 1.29 is 18.2 Å². The van der Waals surface area contributed by atoms with Gasteiger partial charge in [-0.15, -0.1) is 0 Å². The minimum atomic E-state index is -0.971. The predicted molar refractivity (Wildman–Crippen MR) is 78.1 cm³/mol. The van der Waals surface area contributed by atoms with Crippen LogP contribution in [0.25, 0.3) is 5.57 Å². The number of halogens is 2. The number of nitrogens with zero attached hydrogens (tertiary/aromatic N) is 1. The summed E-state index contributed by atoms with van der Waals surface area (Å²) in [5.41, 5.74) is 0.894. The molecule has 5 heteroatoms. The van der Waals surface area contributed by atoms with Gasteiger partial charge in [0, 0.05) is 29.2 Å². The van der Waals surface area contributed by atoms with E-state index < -0.39 is 11.6 Å². The van der Waals surface area contributed by atoms with E-state index in [0.717, 1.165) is 12.1 Å². The summed E-state index contributed by atoms with van der Waals surface area (Å²) in [6.45, 7) is 4.17. The lowest BCUT2D eigenvalue weighted by molar-refractivity contribution is -0.607. The fourth-order valence-corrected chi connectivity index (χ4v) is 2.48. The maximum absolute atomic E-state index is 13.7. The molecule has 0 atom stereocenters. The predicted octanol–water partition coefficient (Wildman–Crippen LogP) is 3.45. The van der Waals surface area contributed by atoms with Crippen molar-refractivity contribution in [1.82, 2.24) is 0 Å². The Kier molecular flexibility index (Phi) is 3.35. The van der Waals surface area contributed by atoms with Crippen LogP contribution in [0.3, 0.4) is 0 Å². The highest BCUT2D eigenvalue weighted by atomic mass is 19.2. The highest BCUT2D eigenvalue weighted by Gasteiger charge is 2.28. The number of hydrogen-bond acceptors (Lipinski definition) is 2. The van der Waals surface area contributed by atoms with E-state index in [2.05, 4.69) is 0 Å². The third-order valence-electron chi connectivity index (χ3n) is 3.55. The molecule has 0 spiro atoms. The molecule has 0 unspecified atom stereocenters. The molecule has 22 heavy (non-hydrogen) atoms. The molecule has 1 aromatic carbocycles. The summed E-state index contributed by atoms with van der Waals surface area (Å²) in [5.74, 6) is -1.71. The van der Waals surface area contributed by atoms with Gasteiger partial charge in [0.25, 0.3) is 0 Å². The second kappa shape index (κ2) is 5.09. The molecule has 114 valence electrons. The smallest absolute Gasteiger partial charge is 0.224 e. The largest absolute Gasteiger partial charge is 0.618 e. The Morgan fingerprint density at radius 3 is 2.64 bits per heavy atom. The number of fused-ring (bicyclic) bond motifs is 1. The zero-order chi connectivity index (χ0) is 15.9. The van der Waals surface area contributed by atoms with Crippen molar-refractivity contribution in [1.29, 1.82) is 0 Å². The Bertz CT molecular complexity index is 769. The van der Waals surface area contributed by atoms with E-state index in [9.17, 15) is 14.0 Å². The summed E-state index contributed by atoms with van der Waals surface area (Å²) in [6.07, 6.45) is 3.23. The number of aromatic nitrogens is 1. The average molecular weight is 303 g/mol. The Morgan fingerprint density at radius 2 is 1.91 bits per heavy atom. The number of rotatable bonds is 1. The van der Waals surface area contributed by atoms with Crippen LogP contribution in [-0.4, -0.2) is 6.61 Å². The highest BCUT2D eigenvalue weighted by molar-refractivity contribution is 5.81. The van der Waals surface area contributed by atoms with Gasteiger partial charge < -0.3 is 9.94 Å². The van der Waals surface area contributed by atoms with Crippen molar-refractivity contribution in [2.45, 2.75) is 13.8 Å². The number of pyridine rings is 1. The SMILES string of the molecule is CC1(C)C=C(c2cccc[n+]2[O-])c2cc(F)c(F)cc2OC1. The molecule has 3 nitrogen and oxygen atoms in total. The van der Waals surface area contributed by atoms with E-state index in [1.807, 2.05) is 19.9 Å². The van der Waals surface area contributed by atoms with Crippen LogP contribution >= 0.6 is 0 Å². The van der Waals surface area contributed by atoms with Gasteiger partial charge in [-0.3, -0.25) is 0 Å². The standard InChI is InChI=1S/C17H15F2NO2/c1-17(2)9-12(15-5-3-4-6-20(15)21)11-7-13(18)14(19)8-16(11)22-10-17/h3-9H,10H2,1-2H3. The average Bonchev–Trinajstić information content (AvgIpc) is 2.58. The molecule has 0 aliphatic carbocycles. The Morgan fingerprint density at radius 1 is 1.18 bits per heavy atom. The normalized spacial score (nSPS) is 16.3. The molecular weight excluding hydrogens is 288 g/mol. The lowest BCUT2D eigenvalue weighted by atomic mass is 9.89. The summed E-state index contributed by atoms with van der Waals surface area (Å²) in [6, 6.07) is 7.08. The number of hydrogen-bond donors (Lipinski definition) is 0. The van der Waals surface area contributed by atoms with Gasteiger partial charge in [-0.2, -0.15) is 4.73 Å². The van der Waals surface area contributed by atoms with Crippen molar-refractivity contribution in [3.05, 3.63) is 70.7 Å². The van der Waals surface area contributed by atoms with Crippen LogP contribution < -0.4 is 9.47 Å². The van der Waals surface area contributed by atoms with E-state index in [4.69, 9.17) is 4.74 Å².